The highest BCUT2D eigenvalue weighted by Crippen LogP contribution is 2.32. The van der Waals surface area contributed by atoms with E-state index in [2.05, 4.69) is 20.3 Å². The van der Waals surface area contributed by atoms with Gasteiger partial charge in [0.2, 0.25) is 0 Å². The first kappa shape index (κ1) is 13.1. The summed E-state index contributed by atoms with van der Waals surface area (Å²) >= 11 is 6.25. The fraction of sp³-hybridized carbons (Fsp3) is 0.308. The summed E-state index contributed by atoms with van der Waals surface area (Å²) in [6.45, 7) is 2.10. The van der Waals surface area contributed by atoms with Crippen LogP contribution in [0.3, 0.4) is 0 Å². The second-order valence-electron chi connectivity index (χ2n) is 4.67. The molecule has 0 aromatic carbocycles. The summed E-state index contributed by atoms with van der Waals surface area (Å²) in [4.78, 5) is 7.27. The molecule has 3 rings (SSSR count). The molecule has 3 aromatic rings. The Morgan fingerprint density at radius 2 is 2.35 bits per heavy atom. The van der Waals surface area contributed by atoms with E-state index in [4.69, 9.17) is 16.7 Å². The average Bonchev–Trinajstić information content (AvgIpc) is 3.07. The van der Waals surface area contributed by atoms with Crippen LogP contribution in [-0.2, 0) is 0 Å². The molecule has 7 heteroatoms. The first-order valence-electron chi connectivity index (χ1n) is 6.35. The SMILES string of the molecule is C[C@@H](CCO)n1cc(-c2c(Cl)cnc3[nH]ccc23)nn1. The average molecular weight is 292 g/mol. The molecule has 3 aromatic heterocycles. The number of hydrogen-bond donors (Lipinski definition) is 2. The quantitative estimate of drug-likeness (QED) is 0.773. The lowest BCUT2D eigenvalue weighted by molar-refractivity contribution is 0.256. The number of nitrogens with one attached hydrogen (secondary N) is 1. The highest BCUT2D eigenvalue weighted by atomic mass is 35.5. The van der Waals surface area contributed by atoms with Gasteiger partial charge in [-0.3, -0.25) is 0 Å². The first-order valence-corrected chi connectivity index (χ1v) is 6.73. The van der Waals surface area contributed by atoms with Crippen LogP contribution in [0.2, 0.25) is 5.02 Å². The Morgan fingerprint density at radius 1 is 1.50 bits per heavy atom. The van der Waals surface area contributed by atoms with E-state index >= 15 is 0 Å². The number of rotatable bonds is 4. The molecule has 0 aliphatic heterocycles. The van der Waals surface area contributed by atoms with Crippen molar-refractivity contribution in [1.82, 2.24) is 25.0 Å². The minimum Gasteiger partial charge on any atom is -0.396 e. The number of aliphatic hydroxyl groups excluding tert-OH is 1. The Morgan fingerprint density at radius 3 is 3.15 bits per heavy atom. The van der Waals surface area contributed by atoms with Crippen LogP contribution >= 0.6 is 11.6 Å². The zero-order valence-corrected chi connectivity index (χ0v) is 11.7. The molecule has 0 fully saturated rings. The topological polar surface area (TPSA) is 79.6 Å². The Labute approximate surface area is 120 Å². The van der Waals surface area contributed by atoms with Gasteiger partial charge in [-0.15, -0.1) is 5.10 Å². The summed E-state index contributed by atoms with van der Waals surface area (Å²) in [6, 6.07) is 2.00. The first-order chi connectivity index (χ1) is 9.70. The van der Waals surface area contributed by atoms with Crippen molar-refractivity contribution in [2.45, 2.75) is 19.4 Å². The molecule has 6 nitrogen and oxygen atoms in total. The molecule has 0 spiro atoms. The molecule has 0 unspecified atom stereocenters. The third kappa shape index (κ3) is 2.17. The molecular formula is C13H14ClN5O. The van der Waals surface area contributed by atoms with Crippen LogP contribution < -0.4 is 0 Å². The minimum absolute atomic E-state index is 0.0866. The maximum atomic E-state index is 8.98. The van der Waals surface area contributed by atoms with E-state index in [0.717, 1.165) is 16.6 Å². The summed E-state index contributed by atoms with van der Waals surface area (Å²) in [6.07, 6.45) is 5.89. The molecule has 0 amide bonds. The van der Waals surface area contributed by atoms with Gasteiger partial charge in [0.05, 0.1) is 17.3 Å². The van der Waals surface area contributed by atoms with Gasteiger partial charge in [0.1, 0.15) is 11.3 Å². The maximum Gasteiger partial charge on any atom is 0.138 e. The van der Waals surface area contributed by atoms with Gasteiger partial charge in [0.25, 0.3) is 0 Å². The van der Waals surface area contributed by atoms with Gasteiger partial charge in [-0.05, 0) is 19.4 Å². The third-order valence-corrected chi connectivity index (χ3v) is 3.59. The fourth-order valence-electron chi connectivity index (χ4n) is 2.17. The van der Waals surface area contributed by atoms with Gasteiger partial charge in [0.15, 0.2) is 0 Å². The lowest BCUT2D eigenvalue weighted by atomic mass is 10.1. The predicted molar refractivity (Wildman–Crippen MR) is 76.5 cm³/mol. The summed E-state index contributed by atoms with van der Waals surface area (Å²) in [5.41, 5.74) is 2.29. The van der Waals surface area contributed by atoms with Crippen LogP contribution in [0.4, 0.5) is 0 Å². The van der Waals surface area contributed by atoms with Crippen LogP contribution in [0.5, 0.6) is 0 Å². The van der Waals surface area contributed by atoms with Crippen LogP contribution in [-0.4, -0.2) is 36.7 Å². The maximum absolute atomic E-state index is 8.98. The fourth-order valence-corrected chi connectivity index (χ4v) is 2.42. The molecule has 3 heterocycles. The van der Waals surface area contributed by atoms with Gasteiger partial charge in [-0.1, -0.05) is 16.8 Å². The summed E-state index contributed by atoms with van der Waals surface area (Å²) in [5, 5.41) is 18.7. The standard InChI is InChI=1S/C13H14ClN5O/c1-8(3-5-20)19-7-11(17-18-19)12-9-2-4-15-13(9)16-6-10(12)14/h2,4,6-8,20H,3,5H2,1H3,(H,15,16)/t8-/m0/s1. The Kier molecular flexibility index (Phi) is 3.42. The van der Waals surface area contributed by atoms with Crippen LogP contribution in [0.15, 0.2) is 24.7 Å². The van der Waals surface area contributed by atoms with Crippen molar-refractivity contribution in [3.63, 3.8) is 0 Å². The smallest absolute Gasteiger partial charge is 0.138 e. The van der Waals surface area contributed by atoms with E-state index in [1.54, 1.807) is 10.9 Å². The lowest BCUT2D eigenvalue weighted by Gasteiger charge is -2.08. The number of pyridine rings is 1. The van der Waals surface area contributed by atoms with Gasteiger partial charge in [0, 0.05) is 30.0 Å². The molecule has 0 bridgehead atoms. The monoisotopic (exact) mass is 291 g/mol. The molecule has 0 saturated carbocycles. The molecule has 1 atom stereocenters. The second kappa shape index (κ2) is 5.22. The molecular weight excluding hydrogens is 278 g/mol. The number of aromatic amines is 1. The van der Waals surface area contributed by atoms with Crippen molar-refractivity contribution in [3.8, 4) is 11.3 Å². The van der Waals surface area contributed by atoms with Gasteiger partial charge in [-0.2, -0.15) is 0 Å². The van der Waals surface area contributed by atoms with Crippen molar-refractivity contribution in [2.24, 2.45) is 0 Å². The van der Waals surface area contributed by atoms with Crippen molar-refractivity contribution >= 4 is 22.6 Å². The van der Waals surface area contributed by atoms with Crippen molar-refractivity contribution in [1.29, 1.82) is 0 Å². The zero-order chi connectivity index (χ0) is 14.1. The van der Waals surface area contributed by atoms with E-state index in [9.17, 15) is 0 Å². The summed E-state index contributed by atoms with van der Waals surface area (Å²) in [5.74, 6) is 0. The highest BCUT2D eigenvalue weighted by Gasteiger charge is 2.15. The van der Waals surface area contributed by atoms with Crippen molar-refractivity contribution < 1.29 is 5.11 Å². The number of aliphatic hydroxyl groups is 1. The van der Waals surface area contributed by atoms with E-state index in [1.807, 2.05) is 25.4 Å². The summed E-state index contributed by atoms with van der Waals surface area (Å²) in [7, 11) is 0. The highest BCUT2D eigenvalue weighted by molar-refractivity contribution is 6.34. The van der Waals surface area contributed by atoms with Gasteiger partial charge in [-0.25, -0.2) is 9.67 Å². The normalized spacial score (nSPS) is 12.9. The molecule has 104 valence electrons. The van der Waals surface area contributed by atoms with Crippen LogP contribution in [0, 0.1) is 0 Å². The molecule has 2 N–H and O–H groups in total. The number of hydrogen-bond acceptors (Lipinski definition) is 4. The van der Waals surface area contributed by atoms with E-state index in [1.165, 1.54) is 0 Å². The Balaban J connectivity index is 2.07. The Bertz CT molecular complexity index is 735. The van der Waals surface area contributed by atoms with Crippen LogP contribution in [0.25, 0.3) is 22.3 Å². The lowest BCUT2D eigenvalue weighted by Crippen LogP contribution is -2.07. The van der Waals surface area contributed by atoms with Crippen LogP contribution in [0.1, 0.15) is 19.4 Å². The number of nitrogens with zero attached hydrogens (tertiary/aromatic N) is 4. The molecule has 20 heavy (non-hydrogen) atoms. The molecule has 0 aliphatic carbocycles. The number of fused-ring (bicyclic) bond motifs is 1. The van der Waals surface area contributed by atoms with Crippen molar-refractivity contribution in [3.05, 3.63) is 29.7 Å². The largest absolute Gasteiger partial charge is 0.396 e. The number of H-pyrrole nitrogens is 1. The third-order valence-electron chi connectivity index (χ3n) is 3.31. The zero-order valence-electron chi connectivity index (χ0n) is 10.9. The van der Waals surface area contributed by atoms with Gasteiger partial charge >= 0.3 is 0 Å². The van der Waals surface area contributed by atoms with E-state index in [0.29, 0.717) is 17.1 Å². The minimum atomic E-state index is 0.0866. The summed E-state index contributed by atoms with van der Waals surface area (Å²) < 4.78 is 1.74. The predicted octanol–water partition coefficient (Wildman–Crippen LogP) is 2.42. The van der Waals surface area contributed by atoms with Gasteiger partial charge < -0.3 is 10.1 Å². The number of aromatic nitrogens is 5. The molecule has 0 saturated heterocycles. The molecule has 0 radical (unpaired) electrons. The van der Waals surface area contributed by atoms with E-state index in [-0.39, 0.29) is 12.6 Å². The van der Waals surface area contributed by atoms with Crippen molar-refractivity contribution in [2.75, 3.05) is 6.61 Å². The Hall–Kier alpha value is -1.92. The molecule has 0 aliphatic rings. The van der Waals surface area contributed by atoms with E-state index < -0.39 is 0 Å². The number of halogens is 1. The second-order valence-corrected chi connectivity index (χ2v) is 5.07.